The van der Waals surface area contributed by atoms with Crippen LogP contribution in [0.2, 0.25) is 5.02 Å². The number of urea groups is 1. The minimum Gasteiger partial charge on any atom is -0.457 e. The smallest absolute Gasteiger partial charge is 0.417 e. The minimum absolute atomic E-state index is 0.0639. The maximum absolute atomic E-state index is 13.1. The predicted octanol–water partition coefficient (Wildman–Crippen LogP) is 7.13. The molecule has 0 aliphatic carbocycles. The summed E-state index contributed by atoms with van der Waals surface area (Å²) in [5, 5.41) is 12.0. The van der Waals surface area contributed by atoms with E-state index in [1.807, 2.05) is 18.2 Å². The van der Waals surface area contributed by atoms with Crippen LogP contribution in [0.3, 0.4) is 0 Å². The molecule has 0 aliphatic heterocycles. The highest BCUT2D eigenvalue weighted by atomic mass is 35.5. The monoisotopic (exact) mass is 524 g/mol. The average Bonchev–Trinajstić information content (AvgIpc) is 3.34. The van der Waals surface area contributed by atoms with Crippen molar-refractivity contribution in [3.8, 4) is 22.8 Å². The van der Waals surface area contributed by atoms with Gasteiger partial charge in [-0.15, -0.1) is 0 Å². The van der Waals surface area contributed by atoms with Crippen LogP contribution in [-0.2, 0) is 6.18 Å². The standard InChI is InChI=1S/C25H16ClF3N6O2/c26-20-9-8-15(11-19(20)25(27,28)29)34-24(36)33-14-4-3-5-16(10-14)37-21-7-2-1-6-17(21)22-18-12-32-35-23(18)31-13-30-22/h1-13H,(H2,33,34,36)(H,30,31,32,35). The molecule has 0 radical (unpaired) electrons. The van der Waals surface area contributed by atoms with E-state index in [1.54, 1.807) is 36.5 Å². The summed E-state index contributed by atoms with van der Waals surface area (Å²) in [6.45, 7) is 0. The number of anilines is 2. The molecule has 0 aliphatic rings. The van der Waals surface area contributed by atoms with Gasteiger partial charge >= 0.3 is 12.2 Å². The van der Waals surface area contributed by atoms with E-state index in [-0.39, 0.29) is 5.69 Å². The topological polar surface area (TPSA) is 105 Å². The van der Waals surface area contributed by atoms with Gasteiger partial charge in [-0.1, -0.05) is 29.8 Å². The molecule has 8 nitrogen and oxygen atoms in total. The van der Waals surface area contributed by atoms with E-state index in [0.717, 1.165) is 17.5 Å². The lowest BCUT2D eigenvalue weighted by Crippen LogP contribution is -2.20. The number of hydrogen-bond donors (Lipinski definition) is 3. The Labute approximate surface area is 212 Å². The van der Waals surface area contributed by atoms with Crippen molar-refractivity contribution in [1.82, 2.24) is 20.2 Å². The molecule has 0 unspecified atom stereocenters. The van der Waals surface area contributed by atoms with Crippen LogP contribution in [0.4, 0.5) is 29.3 Å². The molecule has 186 valence electrons. The van der Waals surface area contributed by atoms with E-state index in [0.29, 0.717) is 34.1 Å². The molecule has 5 aromatic rings. The van der Waals surface area contributed by atoms with Gasteiger partial charge in [0.05, 0.1) is 27.9 Å². The van der Waals surface area contributed by atoms with Gasteiger partial charge in [0.15, 0.2) is 5.65 Å². The molecule has 12 heteroatoms. The third-order valence-corrected chi connectivity index (χ3v) is 5.57. The molecule has 3 N–H and O–H groups in total. The first-order chi connectivity index (χ1) is 17.8. The number of para-hydroxylation sites is 1. The molecule has 37 heavy (non-hydrogen) atoms. The molecule has 3 aromatic carbocycles. The zero-order chi connectivity index (χ0) is 26.0. The number of carbonyl (C=O) groups is 1. The number of H-pyrrole nitrogens is 1. The van der Waals surface area contributed by atoms with Crippen LogP contribution in [0, 0.1) is 0 Å². The largest absolute Gasteiger partial charge is 0.457 e. The summed E-state index contributed by atoms with van der Waals surface area (Å²) in [5.74, 6) is 0.916. The summed E-state index contributed by atoms with van der Waals surface area (Å²) < 4.78 is 45.4. The molecule has 0 saturated carbocycles. The number of hydrogen-bond acceptors (Lipinski definition) is 5. The molecule has 2 amide bonds. The van der Waals surface area contributed by atoms with Crippen molar-refractivity contribution in [2.24, 2.45) is 0 Å². The molecule has 2 heterocycles. The zero-order valence-corrected chi connectivity index (χ0v) is 19.4. The lowest BCUT2D eigenvalue weighted by molar-refractivity contribution is -0.137. The normalized spacial score (nSPS) is 11.4. The van der Waals surface area contributed by atoms with E-state index in [2.05, 4.69) is 30.8 Å². The van der Waals surface area contributed by atoms with Crippen molar-refractivity contribution in [3.05, 3.63) is 89.8 Å². The number of amides is 2. The van der Waals surface area contributed by atoms with Crippen LogP contribution >= 0.6 is 11.6 Å². The van der Waals surface area contributed by atoms with Crippen LogP contribution in [0.5, 0.6) is 11.5 Å². The summed E-state index contributed by atoms with van der Waals surface area (Å²) >= 11 is 5.63. The van der Waals surface area contributed by atoms with Crippen LogP contribution in [0.15, 0.2) is 79.3 Å². The van der Waals surface area contributed by atoms with Gasteiger partial charge in [0.25, 0.3) is 0 Å². The van der Waals surface area contributed by atoms with Crippen LogP contribution in [0.25, 0.3) is 22.3 Å². The number of halogens is 4. The second kappa shape index (κ2) is 9.78. The highest BCUT2D eigenvalue weighted by molar-refractivity contribution is 6.31. The number of aromatic nitrogens is 4. The van der Waals surface area contributed by atoms with E-state index in [1.165, 1.54) is 12.4 Å². The van der Waals surface area contributed by atoms with Crippen molar-refractivity contribution in [3.63, 3.8) is 0 Å². The molecule has 5 rings (SSSR count). The Morgan fingerprint density at radius 2 is 1.73 bits per heavy atom. The summed E-state index contributed by atoms with van der Waals surface area (Å²) in [4.78, 5) is 21.0. The summed E-state index contributed by atoms with van der Waals surface area (Å²) in [5.41, 5.74) is 1.17. The number of fused-ring (bicyclic) bond motifs is 1. The van der Waals surface area contributed by atoms with Gasteiger partial charge < -0.3 is 15.4 Å². The number of carbonyl (C=O) groups excluding carboxylic acids is 1. The second-order valence-electron chi connectivity index (χ2n) is 7.75. The second-order valence-corrected chi connectivity index (χ2v) is 8.16. The quantitative estimate of drug-likeness (QED) is 0.227. The number of rotatable bonds is 5. The van der Waals surface area contributed by atoms with Gasteiger partial charge in [-0.3, -0.25) is 5.10 Å². The van der Waals surface area contributed by atoms with Crippen molar-refractivity contribution in [2.75, 3.05) is 10.6 Å². The fraction of sp³-hybridized carbons (Fsp3) is 0.0400. The van der Waals surface area contributed by atoms with Crippen molar-refractivity contribution in [2.45, 2.75) is 6.18 Å². The molecule has 0 saturated heterocycles. The number of nitrogens with zero attached hydrogens (tertiary/aromatic N) is 3. The van der Waals surface area contributed by atoms with Crippen molar-refractivity contribution >= 4 is 40.0 Å². The summed E-state index contributed by atoms with van der Waals surface area (Å²) in [6.07, 6.45) is -1.60. The average molecular weight is 525 g/mol. The number of nitrogens with one attached hydrogen (secondary N) is 3. The highest BCUT2D eigenvalue weighted by Gasteiger charge is 2.33. The third-order valence-electron chi connectivity index (χ3n) is 5.24. The molecule has 0 spiro atoms. The Hall–Kier alpha value is -4.64. The van der Waals surface area contributed by atoms with Gasteiger partial charge in [-0.25, -0.2) is 14.8 Å². The fourth-order valence-electron chi connectivity index (χ4n) is 3.61. The summed E-state index contributed by atoms with van der Waals surface area (Å²) in [6, 6.07) is 16.2. The molecule has 2 aromatic heterocycles. The Kier molecular flexibility index (Phi) is 6.36. The fourth-order valence-corrected chi connectivity index (χ4v) is 3.83. The van der Waals surface area contributed by atoms with E-state index >= 15 is 0 Å². The van der Waals surface area contributed by atoms with Crippen LogP contribution in [0.1, 0.15) is 5.56 Å². The van der Waals surface area contributed by atoms with E-state index < -0.39 is 22.8 Å². The van der Waals surface area contributed by atoms with Gasteiger partial charge in [-0.05, 0) is 42.5 Å². The Morgan fingerprint density at radius 1 is 0.946 bits per heavy atom. The molecule has 0 fully saturated rings. The molecular weight excluding hydrogens is 509 g/mol. The van der Waals surface area contributed by atoms with Crippen molar-refractivity contribution in [1.29, 1.82) is 0 Å². The first-order valence-electron chi connectivity index (χ1n) is 10.7. The van der Waals surface area contributed by atoms with Crippen LogP contribution < -0.4 is 15.4 Å². The molecule has 0 bridgehead atoms. The van der Waals surface area contributed by atoms with Gasteiger partial charge in [0.2, 0.25) is 0 Å². The maximum atomic E-state index is 13.1. The number of aromatic amines is 1. The molecule has 0 atom stereocenters. The molecular formula is C25H16ClF3N6O2. The van der Waals surface area contributed by atoms with E-state index in [9.17, 15) is 18.0 Å². The van der Waals surface area contributed by atoms with Gasteiger partial charge in [0, 0.05) is 23.0 Å². The Bertz CT molecular complexity index is 1610. The zero-order valence-electron chi connectivity index (χ0n) is 18.7. The third kappa shape index (κ3) is 5.31. The van der Waals surface area contributed by atoms with E-state index in [4.69, 9.17) is 16.3 Å². The van der Waals surface area contributed by atoms with Gasteiger partial charge in [-0.2, -0.15) is 18.3 Å². The number of ether oxygens (including phenoxy) is 1. The Morgan fingerprint density at radius 3 is 2.54 bits per heavy atom. The predicted molar refractivity (Wildman–Crippen MR) is 133 cm³/mol. The first kappa shape index (κ1) is 24.1. The minimum atomic E-state index is -4.65. The summed E-state index contributed by atoms with van der Waals surface area (Å²) in [7, 11) is 0. The van der Waals surface area contributed by atoms with Gasteiger partial charge in [0.1, 0.15) is 17.8 Å². The van der Waals surface area contributed by atoms with Crippen molar-refractivity contribution < 1.29 is 22.7 Å². The Balaban J connectivity index is 1.34. The number of benzene rings is 3. The maximum Gasteiger partial charge on any atom is 0.417 e. The lowest BCUT2D eigenvalue weighted by Gasteiger charge is -2.14. The lowest BCUT2D eigenvalue weighted by atomic mass is 10.1. The van der Waals surface area contributed by atoms with Crippen LogP contribution in [-0.4, -0.2) is 26.2 Å². The number of alkyl halides is 3. The first-order valence-corrected chi connectivity index (χ1v) is 11.1. The highest BCUT2D eigenvalue weighted by Crippen LogP contribution is 2.37. The SMILES string of the molecule is O=C(Nc1cccc(Oc2ccccc2-c2ncnc3[nH]ncc23)c1)Nc1ccc(Cl)c(C(F)(F)F)c1.